The zero-order chi connectivity index (χ0) is 24.0. The highest BCUT2D eigenvalue weighted by atomic mass is 35.5. The van der Waals surface area contributed by atoms with Crippen LogP contribution in [0.15, 0.2) is 48.7 Å². The molecule has 5 N–H and O–H groups in total. The van der Waals surface area contributed by atoms with Crippen LogP contribution in [0.5, 0.6) is 0 Å². The van der Waals surface area contributed by atoms with Crippen molar-refractivity contribution in [2.45, 2.75) is 12.8 Å². The second-order valence-corrected chi connectivity index (χ2v) is 9.09. The Bertz CT molecular complexity index is 1200. The Labute approximate surface area is 209 Å². The maximum Gasteiger partial charge on any atom is 0.319 e. The standard InChI is InChI=1S/C25H29ClN8O/c26-21-16-29-24-31-19-3-1-2-17(14-19)4-5-18-15-20(30-23(21)33-24)6-7-22(18)32-25(35)28-10-13-34-11-8-27-9-12-34/h1-3,6-7,14-16,27H,4-5,8-13H2,(H2,28,32,35)(H2,29,30,31,33). The third-order valence-electron chi connectivity index (χ3n) is 6.15. The van der Waals surface area contributed by atoms with Gasteiger partial charge in [-0.3, -0.25) is 4.90 Å². The Morgan fingerprint density at radius 1 is 1.06 bits per heavy atom. The van der Waals surface area contributed by atoms with Crippen LogP contribution in [-0.2, 0) is 12.8 Å². The lowest BCUT2D eigenvalue weighted by Gasteiger charge is -2.27. The molecule has 3 heterocycles. The highest BCUT2D eigenvalue weighted by Gasteiger charge is 2.13. The second kappa shape index (κ2) is 10.9. The summed E-state index contributed by atoms with van der Waals surface area (Å²) in [5.41, 5.74) is 4.73. The molecule has 0 saturated carbocycles. The Morgan fingerprint density at radius 2 is 1.91 bits per heavy atom. The number of nitrogens with zero attached hydrogens (tertiary/aromatic N) is 3. The van der Waals surface area contributed by atoms with Crippen LogP contribution in [0.4, 0.5) is 33.6 Å². The van der Waals surface area contributed by atoms with Gasteiger partial charge in [0.15, 0.2) is 5.82 Å². The van der Waals surface area contributed by atoms with E-state index in [4.69, 9.17) is 11.6 Å². The van der Waals surface area contributed by atoms with Crippen molar-refractivity contribution in [3.63, 3.8) is 0 Å². The van der Waals surface area contributed by atoms with Crippen molar-refractivity contribution < 1.29 is 4.79 Å². The van der Waals surface area contributed by atoms with Crippen molar-refractivity contribution in [1.82, 2.24) is 25.5 Å². The van der Waals surface area contributed by atoms with Gasteiger partial charge in [0.2, 0.25) is 5.95 Å². The fourth-order valence-corrected chi connectivity index (χ4v) is 4.43. The molecule has 9 nitrogen and oxygen atoms in total. The Hall–Kier alpha value is -3.40. The summed E-state index contributed by atoms with van der Waals surface area (Å²) in [7, 11) is 0. The molecule has 5 rings (SSSR count). The van der Waals surface area contributed by atoms with Gasteiger partial charge < -0.3 is 26.6 Å². The van der Waals surface area contributed by atoms with Crippen molar-refractivity contribution in [2.75, 3.05) is 55.2 Å². The van der Waals surface area contributed by atoms with Crippen molar-refractivity contribution in [1.29, 1.82) is 0 Å². The van der Waals surface area contributed by atoms with Crippen molar-refractivity contribution in [3.8, 4) is 0 Å². The third kappa shape index (κ3) is 6.19. The van der Waals surface area contributed by atoms with Gasteiger partial charge >= 0.3 is 6.03 Å². The van der Waals surface area contributed by atoms with Gasteiger partial charge in [-0.05, 0) is 54.3 Å². The SMILES string of the molecule is O=C(NCCN1CCNCC1)Nc1ccc2cc1CCc1cccc(c1)Nc1ncc(Cl)c(n1)N2. The molecule has 1 saturated heterocycles. The average molecular weight is 493 g/mol. The molecule has 2 aromatic carbocycles. The zero-order valence-corrected chi connectivity index (χ0v) is 20.2. The summed E-state index contributed by atoms with van der Waals surface area (Å²) in [6, 6.07) is 13.8. The van der Waals surface area contributed by atoms with Gasteiger partial charge in [-0.1, -0.05) is 23.7 Å². The first-order valence-corrected chi connectivity index (χ1v) is 12.3. The van der Waals surface area contributed by atoms with Gasteiger partial charge in [-0.15, -0.1) is 0 Å². The van der Waals surface area contributed by atoms with E-state index in [1.807, 2.05) is 30.3 Å². The average Bonchev–Trinajstić information content (AvgIpc) is 2.87. The highest BCUT2D eigenvalue weighted by molar-refractivity contribution is 6.32. The topological polar surface area (TPSA) is 106 Å². The van der Waals surface area contributed by atoms with Crippen LogP contribution in [0.3, 0.4) is 0 Å². The maximum absolute atomic E-state index is 12.6. The molecule has 35 heavy (non-hydrogen) atoms. The number of hydrogen-bond acceptors (Lipinski definition) is 7. The van der Waals surface area contributed by atoms with Gasteiger partial charge in [0, 0.05) is 56.3 Å². The normalized spacial score (nSPS) is 15.5. The molecule has 0 aliphatic carbocycles. The van der Waals surface area contributed by atoms with Crippen LogP contribution in [0.25, 0.3) is 0 Å². The highest BCUT2D eigenvalue weighted by Crippen LogP contribution is 2.29. The summed E-state index contributed by atoms with van der Waals surface area (Å²) in [6.07, 6.45) is 3.15. The van der Waals surface area contributed by atoms with Gasteiger partial charge in [-0.25, -0.2) is 9.78 Å². The number of rotatable bonds is 4. The van der Waals surface area contributed by atoms with Crippen LogP contribution in [0.2, 0.25) is 5.02 Å². The van der Waals surface area contributed by atoms with Crippen LogP contribution in [-0.4, -0.2) is 60.2 Å². The molecular weight excluding hydrogens is 464 g/mol. The number of aryl methyl sites for hydroxylation is 2. The third-order valence-corrected chi connectivity index (χ3v) is 6.43. The van der Waals surface area contributed by atoms with E-state index in [2.05, 4.69) is 53.6 Å². The monoisotopic (exact) mass is 492 g/mol. The number of urea groups is 1. The second-order valence-electron chi connectivity index (χ2n) is 8.68. The molecule has 1 aromatic heterocycles. The van der Waals surface area contributed by atoms with Gasteiger partial charge in [-0.2, -0.15) is 4.98 Å². The molecule has 2 aliphatic heterocycles. The summed E-state index contributed by atoms with van der Waals surface area (Å²) in [4.78, 5) is 23.8. The molecule has 2 aliphatic rings. The van der Waals surface area contributed by atoms with Crippen molar-refractivity contribution >= 4 is 46.5 Å². The Kier molecular flexibility index (Phi) is 7.27. The first-order valence-electron chi connectivity index (χ1n) is 11.9. The number of nitrogens with one attached hydrogen (secondary N) is 5. The minimum atomic E-state index is -0.199. The molecule has 2 amide bonds. The van der Waals surface area contributed by atoms with E-state index in [-0.39, 0.29) is 6.03 Å². The molecule has 10 heteroatoms. The number of halogens is 1. The van der Waals surface area contributed by atoms with E-state index in [9.17, 15) is 4.79 Å². The summed E-state index contributed by atoms with van der Waals surface area (Å²) in [6.45, 7) is 5.46. The van der Waals surface area contributed by atoms with E-state index in [1.54, 1.807) is 6.20 Å². The quantitative estimate of drug-likeness (QED) is 0.377. The van der Waals surface area contributed by atoms with Gasteiger partial charge in [0.05, 0.1) is 6.20 Å². The van der Waals surface area contributed by atoms with Crippen LogP contribution in [0.1, 0.15) is 11.1 Å². The van der Waals surface area contributed by atoms with Crippen LogP contribution in [0, 0.1) is 0 Å². The molecule has 182 valence electrons. The van der Waals surface area contributed by atoms with Crippen molar-refractivity contribution in [3.05, 3.63) is 64.8 Å². The minimum absolute atomic E-state index is 0.199. The number of benzene rings is 2. The van der Waals surface area contributed by atoms with Crippen LogP contribution >= 0.6 is 11.6 Å². The van der Waals surface area contributed by atoms with E-state index < -0.39 is 0 Å². The number of fused-ring (bicyclic) bond motifs is 6. The molecule has 6 bridgehead atoms. The summed E-state index contributed by atoms with van der Waals surface area (Å²) in [5.74, 6) is 0.973. The lowest BCUT2D eigenvalue weighted by atomic mass is 10.0. The Morgan fingerprint density at radius 3 is 2.80 bits per heavy atom. The Balaban J connectivity index is 1.34. The number of anilines is 5. The van der Waals surface area contributed by atoms with E-state index in [0.29, 0.717) is 23.3 Å². The summed E-state index contributed by atoms with van der Waals surface area (Å²) in [5, 5.41) is 16.3. The number of aromatic nitrogens is 2. The molecular formula is C25H29ClN8O. The van der Waals surface area contributed by atoms with E-state index >= 15 is 0 Å². The van der Waals surface area contributed by atoms with Crippen molar-refractivity contribution in [2.24, 2.45) is 0 Å². The smallest absolute Gasteiger partial charge is 0.319 e. The zero-order valence-electron chi connectivity index (χ0n) is 19.4. The predicted octanol–water partition coefficient (Wildman–Crippen LogP) is 3.74. The molecule has 3 aromatic rings. The fraction of sp³-hybridized carbons (Fsp3) is 0.320. The molecule has 0 radical (unpaired) electrons. The lowest BCUT2D eigenvalue weighted by Crippen LogP contribution is -2.46. The number of carbonyl (C=O) groups is 1. The van der Waals surface area contributed by atoms with E-state index in [1.165, 1.54) is 5.56 Å². The molecule has 0 spiro atoms. The molecule has 1 fully saturated rings. The number of hydrogen-bond donors (Lipinski definition) is 5. The van der Waals surface area contributed by atoms with Crippen LogP contribution < -0.4 is 26.6 Å². The summed E-state index contributed by atoms with van der Waals surface area (Å²) < 4.78 is 0. The first kappa shape index (κ1) is 23.3. The fourth-order valence-electron chi connectivity index (χ4n) is 4.29. The number of carbonyl (C=O) groups excluding carboxylic acids is 1. The van der Waals surface area contributed by atoms with Gasteiger partial charge in [0.25, 0.3) is 0 Å². The maximum atomic E-state index is 12.6. The minimum Gasteiger partial charge on any atom is -0.339 e. The molecule has 0 unspecified atom stereocenters. The number of piperazine rings is 1. The van der Waals surface area contributed by atoms with Gasteiger partial charge in [0.1, 0.15) is 5.02 Å². The first-order chi connectivity index (χ1) is 17.1. The summed E-state index contributed by atoms with van der Waals surface area (Å²) >= 11 is 6.35. The number of amides is 2. The molecule has 0 atom stereocenters. The largest absolute Gasteiger partial charge is 0.339 e. The lowest BCUT2D eigenvalue weighted by molar-refractivity contribution is 0.233. The van der Waals surface area contributed by atoms with E-state index in [0.717, 1.165) is 68.2 Å². The predicted molar refractivity (Wildman–Crippen MR) is 140 cm³/mol.